The van der Waals surface area contributed by atoms with E-state index in [2.05, 4.69) is 10.6 Å². The number of nitro groups is 1. The summed E-state index contributed by atoms with van der Waals surface area (Å²) in [4.78, 5) is 36.3. The Kier molecular flexibility index (Phi) is 7.71. The molecule has 0 aliphatic carbocycles. The van der Waals surface area contributed by atoms with Gasteiger partial charge in [-0.15, -0.1) is 11.3 Å². The molecule has 2 rings (SSSR count). The fourth-order valence-electron chi connectivity index (χ4n) is 2.34. The number of non-ortho nitro benzene ring substituents is 1. The average molecular weight is 412 g/mol. The van der Waals surface area contributed by atoms with Gasteiger partial charge in [0.25, 0.3) is 17.5 Å². The van der Waals surface area contributed by atoms with E-state index in [1.807, 2.05) is 24.4 Å². The van der Waals surface area contributed by atoms with E-state index < -0.39 is 4.92 Å². The first kappa shape index (κ1) is 20.8. The first-order valence-electron chi connectivity index (χ1n) is 8.25. The molecule has 0 aliphatic rings. The van der Waals surface area contributed by atoms with Gasteiger partial charge in [-0.1, -0.05) is 17.7 Å². The van der Waals surface area contributed by atoms with E-state index in [1.54, 1.807) is 11.3 Å². The standard InChI is InChI=1S/C17H19ClN4O4S/c1-2-21(10-16(23)19-9-13-4-3-7-27-13)11-17(24)20-15-6-5-12(22(25)26)8-14(15)18/h3-8H,2,9-11H2,1H3,(H,19,23)(H,20,24)/p+1. The lowest BCUT2D eigenvalue weighted by Gasteiger charge is -2.17. The fraction of sp³-hybridized carbons (Fsp3) is 0.294. The van der Waals surface area contributed by atoms with Crippen molar-refractivity contribution in [1.82, 2.24) is 5.32 Å². The Morgan fingerprint density at radius 2 is 2.00 bits per heavy atom. The number of hydrogen-bond acceptors (Lipinski definition) is 5. The Bertz CT molecular complexity index is 813. The molecular formula is C17H20ClN4O4S+. The van der Waals surface area contributed by atoms with Crippen LogP contribution in [0.3, 0.4) is 0 Å². The quantitative estimate of drug-likeness (QED) is 0.429. The van der Waals surface area contributed by atoms with E-state index in [0.29, 0.717) is 18.8 Å². The van der Waals surface area contributed by atoms with Crippen molar-refractivity contribution in [3.8, 4) is 0 Å². The number of nitrogens with zero attached hydrogens (tertiary/aromatic N) is 1. The number of carbonyl (C=O) groups is 2. The number of nitrogens with one attached hydrogen (secondary N) is 3. The molecule has 8 nitrogen and oxygen atoms in total. The largest absolute Gasteiger partial charge is 0.346 e. The Morgan fingerprint density at radius 1 is 1.26 bits per heavy atom. The third-order valence-corrected chi connectivity index (χ3v) is 4.99. The summed E-state index contributed by atoms with van der Waals surface area (Å²) in [7, 11) is 0. The third-order valence-electron chi connectivity index (χ3n) is 3.80. The van der Waals surface area contributed by atoms with Crippen molar-refractivity contribution < 1.29 is 19.4 Å². The molecule has 144 valence electrons. The van der Waals surface area contributed by atoms with Crippen molar-refractivity contribution >= 4 is 46.1 Å². The second-order valence-corrected chi connectivity index (χ2v) is 7.22. The number of rotatable bonds is 9. The van der Waals surface area contributed by atoms with E-state index >= 15 is 0 Å². The van der Waals surface area contributed by atoms with Crippen molar-refractivity contribution in [2.24, 2.45) is 0 Å². The van der Waals surface area contributed by atoms with Gasteiger partial charge in [0.05, 0.1) is 28.7 Å². The average Bonchev–Trinajstić information content (AvgIpc) is 3.14. The maximum atomic E-state index is 12.2. The summed E-state index contributed by atoms with van der Waals surface area (Å²) in [5, 5.41) is 18.2. The molecule has 0 fully saturated rings. The van der Waals surface area contributed by atoms with Crippen LogP contribution < -0.4 is 15.5 Å². The van der Waals surface area contributed by atoms with Gasteiger partial charge in [-0.05, 0) is 24.4 Å². The summed E-state index contributed by atoms with van der Waals surface area (Å²) >= 11 is 7.54. The zero-order chi connectivity index (χ0) is 19.8. The highest BCUT2D eigenvalue weighted by Crippen LogP contribution is 2.26. The number of quaternary nitrogens is 1. The van der Waals surface area contributed by atoms with Gasteiger partial charge in [-0.25, -0.2) is 0 Å². The molecule has 1 aromatic heterocycles. The van der Waals surface area contributed by atoms with Crippen LogP contribution in [0, 0.1) is 10.1 Å². The SMILES string of the molecule is CC[NH+](CC(=O)NCc1cccs1)CC(=O)Nc1ccc([N+](=O)[O-])cc1Cl. The lowest BCUT2D eigenvalue weighted by Crippen LogP contribution is -3.13. The number of carbonyl (C=O) groups excluding carboxylic acids is 2. The van der Waals surface area contributed by atoms with E-state index in [0.717, 1.165) is 9.78 Å². The predicted molar refractivity (Wildman–Crippen MR) is 104 cm³/mol. The minimum Gasteiger partial charge on any atom is -0.346 e. The van der Waals surface area contributed by atoms with Gasteiger partial charge < -0.3 is 15.5 Å². The van der Waals surface area contributed by atoms with Crippen LogP contribution in [0.5, 0.6) is 0 Å². The smallest absolute Gasteiger partial charge is 0.279 e. The molecule has 0 saturated heterocycles. The zero-order valence-electron chi connectivity index (χ0n) is 14.7. The van der Waals surface area contributed by atoms with E-state index in [9.17, 15) is 19.7 Å². The molecule has 2 amide bonds. The molecule has 0 spiro atoms. The van der Waals surface area contributed by atoms with Crippen LogP contribution >= 0.6 is 22.9 Å². The second-order valence-electron chi connectivity index (χ2n) is 5.78. The van der Waals surface area contributed by atoms with Crippen LogP contribution in [-0.2, 0) is 16.1 Å². The summed E-state index contributed by atoms with van der Waals surface area (Å²) in [6.45, 7) is 3.19. The normalized spacial score (nSPS) is 11.6. The van der Waals surface area contributed by atoms with Crippen LogP contribution in [0.1, 0.15) is 11.8 Å². The van der Waals surface area contributed by atoms with Crippen molar-refractivity contribution in [2.75, 3.05) is 25.0 Å². The van der Waals surface area contributed by atoms with Crippen LogP contribution in [0.15, 0.2) is 35.7 Å². The Hall–Kier alpha value is -2.49. The maximum absolute atomic E-state index is 12.2. The highest BCUT2D eigenvalue weighted by molar-refractivity contribution is 7.09. The minimum absolute atomic E-state index is 0.0796. The van der Waals surface area contributed by atoms with Gasteiger partial charge in [0.1, 0.15) is 0 Å². The van der Waals surface area contributed by atoms with Gasteiger partial charge in [-0.2, -0.15) is 0 Å². The monoisotopic (exact) mass is 411 g/mol. The van der Waals surface area contributed by atoms with E-state index in [4.69, 9.17) is 11.6 Å². The van der Waals surface area contributed by atoms with Gasteiger partial charge in [0, 0.05) is 17.0 Å². The van der Waals surface area contributed by atoms with Gasteiger partial charge in [-0.3, -0.25) is 19.7 Å². The fourth-order valence-corrected chi connectivity index (χ4v) is 3.21. The first-order valence-corrected chi connectivity index (χ1v) is 9.51. The molecular weight excluding hydrogens is 392 g/mol. The number of thiophene rings is 1. The van der Waals surface area contributed by atoms with Crippen LogP contribution in [-0.4, -0.2) is 36.4 Å². The summed E-state index contributed by atoms with van der Waals surface area (Å²) in [5.41, 5.74) is 0.145. The number of likely N-dealkylation sites (N-methyl/N-ethyl adjacent to an activating group) is 1. The minimum atomic E-state index is -0.560. The Balaban J connectivity index is 1.85. The van der Waals surface area contributed by atoms with Gasteiger partial charge >= 0.3 is 0 Å². The number of amides is 2. The highest BCUT2D eigenvalue weighted by atomic mass is 35.5. The van der Waals surface area contributed by atoms with Crippen molar-refractivity contribution in [3.63, 3.8) is 0 Å². The lowest BCUT2D eigenvalue weighted by molar-refractivity contribution is -0.881. The molecule has 0 radical (unpaired) electrons. The highest BCUT2D eigenvalue weighted by Gasteiger charge is 2.18. The molecule has 0 bridgehead atoms. The first-order chi connectivity index (χ1) is 12.9. The lowest BCUT2D eigenvalue weighted by atomic mass is 10.2. The van der Waals surface area contributed by atoms with E-state index in [1.165, 1.54) is 18.2 Å². The zero-order valence-corrected chi connectivity index (χ0v) is 16.2. The topological polar surface area (TPSA) is 106 Å². The number of halogens is 1. The van der Waals surface area contributed by atoms with E-state index in [-0.39, 0.29) is 35.6 Å². The second kappa shape index (κ2) is 10.0. The number of hydrogen-bond donors (Lipinski definition) is 3. The molecule has 1 unspecified atom stereocenters. The molecule has 1 heterocycles. The summed E-state index contributed by atoms with van der Waals surface area (Å²) in [6.07, 6.45) is 0. The van der Waals surface area contributed by atoms with Crippen molar-refractivity contribution in [1.29, 1.82) is 0 Å². The Labute approximate surface area is 165 Å². The number of nitro benzene ring substituents is 1. The van der Waals surface area contributed by atoms with Gasteiger partial charge in [0.2, 0.25) is 0 Å². The predicted octanol–water partition coefficient (Wildman–Crippen LogP) is 1.47. The molecule has 0 saturated carbocycles. The summed E-state index contributed by atoms with van der Waals surface area (Å²) < 4.78 is 0. The molecule has 10 heteroatoms. The molecule has 27 heavy (non-hydrogen) atoms. The molecule has 1 atom stereocenters. The number of benzene rings is 1. The molecule has 2 aromatic rings. The third kappa shape index (κ3) is 6.63. The maximum Gasteiger partial charge on any atom is 0.279 e. The molecule has 1 aromatic carbocycles. The summed E-state index contributed by atoms with van der Waals surface area (Å²) in [6, 6.07) is 7.70. The van der Waals surface area contributed by atoms with Crippen LogP contribution in [0.25, 0.3) is 0 Å². The number of anilines is 1. The summed E-state index contributed by atoms with van der Waals surface area (Å²) in [5.74, 6) is -0.463. The van der Waals surface area contributed by atoms with Crippen molar-refractivity contribution in [3.05, 3.63) is 55.7 Å². The van der Waals surface area contributed by atoms with Crippen molar-refractivity contribution in [2.45, 2.75) is 13.5 Å². The van der Waals surface area contributed by atoms with Gasteiger partial charge in [0.15, 0.2) is 13.1 Å². The molecule has 3 N–H and O–H groups in total. The van der Waals surface area contributed by atoms with Crippen LogP contribution in [0.2, 0.25) is 5.02 Å². The van der Waals surface area contributed by atoms with Crippen LogP contribution in [0.4, 0.5) is 11.4 Å². The molecule has 0 aliphatic heterocycles. The Morgan fingerprint density at radius 3 is 2.59 bits per heavy atom.